The van der Waals surface area contributed by atoms with Crippen molar-refractivity contribution in [2.75, 3.05) is 23.0 Å². The summed E-state index contributed by atoms with van der Waals surface area (Å²) in [5.41, 5.74) is 1.75. The molecule has 9 heteroatoms. The number of carbonyl (C=O) groups is 2. The second kappa shape index (κ2) is 9.18. The van der Waals surface area contributed by atoms with E-state index in [1.165, 1.54) is 18.4 Å². The number of hydrogen-bond acceptors (Lipinski definition) is 6. The Morgan fingerprint density at radius 1 is 1.20 bits per heavy atom. The van der Waals surface area contributed by atoms with Crippen molar-refractivity contribution in [2.24, 2.45) is 0 Å². The van der Waals surface area contributed by atoms with E-state index in [9.17, 15) is 18.0 Å². The number of benzene rings is 1. The van der Waals surface area contributed by atoms with Crippen LogP contribution in [-0.4, -0.2) is 39.7 Å². The lowest BCUT2D eigenvalue weighted by atomic mass is 9.95. The number of hydrogen-bond donors (Lipinski definition) is 1. The lowest BCUT2D eigenvalue weighted by Crippen LogP contribution is -2.47. The maximum atomic E-state index is 13.2. The minimum Gasteiger partial charge on any atom is -0.465 e. The molecule has 1 aromatic heterocycles. The minimum absolute atomic E-state index is 0.270. The minimum atomic E-state index is -3.72. The van der Waals surface area contributed by atoms with Gasteiger partial charge in [-0.1, -0.05) is 25.1 Å². The molecule has 3 rings (SSSR count). The van der Waals surface area contributed by atoms with Crippen molar-refractivity contribution in [3.05, 3.63) is 46.3 Å². The van der Waals surface area contributed by atoms with Gasteiger partial charge in [0.2, 0.25) is 15.9 Å². The van der Waals surface area contributed by atoms with E-state index in [-0.39, 0.29) is 6.42 Å². The molecule has 1 heterocycles. The fourth-order valence-corrected chi connectivity index (χ4v) is 6.29. The van der Waals surface area contributed by atoms with Crippen molar-refractivity contribution in [3.8, 4) is 0 Å². The van der Waals surface area contributed by atoms with Crippen LogP contribution in [0.5, 0.6) is 0 Å². The maximum absolute atomic E-state index is 13.2. The number of carbonyl (C=O) groups excluding carboxylic acids is 2. The highest BCUT2D eigenvalue weighted by Gasteiger charge is 2.33. The molecule has 0 unspecified atom stereocenters. The van der Waals surface area contributed by atoms with Crippen molar-refractivity contribution in [2.45, 2.75) is 45.1 Å². The van der Waals surface area contributed by atoms with Crippen LogP contribution in [0.3, 0.4) is 0 Å². The van der Waals surface area contributed by atoms with Gasteiger partial charge in [-0.3, -0.25) is 9.10 Å². The third kappa shape index (κ3) is 4.52. The second-order valence-corrected chi connectivity index (χ2v) is 10.2. The van der Waals surface area contributed by atoms with Gasteiger partial charge in [0.15, 0.2) is 0 Å². The van der Waals surface area contributed by atoms with Crippen LogP contribution in [0, 0.1) is 0 Å². The fraction of sp³-hybridized carbons (Fsp3) is 0.429. The number of nitrogens with zero attached hydrogens (tertiary/aromatic N) is 1. The number of methoxy groups -OCH3 is 1. The average molecular weight is 451 g/mol. The van der Waals surface area contributed by atoms with Gasteiger partial charge in [-0.2, -0.15) is 0 Å². The van der Waals surface area contributed by atoms with E-state index in [0.29, 0.717) is 16.3 Å². The Bertz CT molecular complexity index is 1030. The molecular formula is C21H26N2O5S2. The highest BCUT2D eigenvalue weighted by Crippen LogP contribution is 2.39. The summed E-state index contributed by atoms with van der Waals surface area (Å²) >= 11 is 1.38. The summed E-state index contributed by atoms with van der Waals surface area (Å²) in [6, 6.07) is 7.58. The van der Waals surface area contributed by atoms with Crippen molar-refractivity contribution in [3.63, 3.8) is 0 Å². The number of anilines is 2. The molecule has 1 aliphatic carbocycles. The number of sulfonamides is 1. The van der Waals surface area contributed by atoms with Crippen LogP contribution in [0.25, 0.3) is 0 Å². The molecule has 1 aromatic carbocycles. The summed E-state index contributed by atoms with van der Waals surface area (Å²) in [6.07, 6.45) is 5.00. The Balaban J connectivity index is 1.97. The first-order valence-corrected chi connectivity index (χ1v) is 12.5. The number of esters is 1. The normalized spacial score (nSPS) is 14.5. The van der Waals surface area contributed by atoms with Gasteiger partial charge in [-0.25, -0.2) is 13.2 Å². The molecule has 30 heavy (non-hydrogen) atoms. The zero-order valence-corrected chi connectivity index (χ0v) is 18.9. The molecule has 0 fully saturated rings. The molecule has 0 saturated carbocycles. The standard InChI is InChI=1S/C21H26N2O5S2/c1-4-16(23(30(3,26)27)14-10-6-5-7-11-14)19(24)22-20-18(21(25)28-2)15-12-8-9-13-17(15)29-20/h5-7,10-11,16H,4,8-9,12-13H2,1-3H3,(H,22,24)/t16-/m0/s1. The molecule has 1 atom stereocenters. The zero-order chi connectivity index (χ0) is 21.9. The molecule has 7 nitrogen and oxygen atoms in total. The number of nitrogens with one attached hydrogen (secondary N) is 1. The molecular weight excluding hydrogens is 424 g/mol. The molecule has 0 radical (unpaired) electrons. The predicted molar refractivity (Wildman–Crippen MR) is 119 cm³/mol. The Kier molecular flexibility index (Phi) is 6.82. The van der Waals surface area contributed by atoms with Gasteiger partial charge in [0.05, 0.1) is 24.6 Å². The van der Waals surface area contributed by atoms with Crippen molar-refractivity contribution in [1.29, 1.82) is 0 Å². The van der Waals surface area contributed by atoms with Crippen LogP contribution in [-0.2, 0) is 32.4 Å². The molecule has 1 amide bonds. The van der Waals surface area contributed by atoms with E-state index in [1.807, 2.05) is 0 Å². The van der Waals surface area contributed by atoms with Crippen LogP contribution in [0.4, 0.5) is 10.7 Å². The van der Waals surface area contributed by atoms with E-state index >= 15 is 0 Å². The number of para-hydroxylation sites is 1. The Labute approximate surface area is 181 Å². The van der Waals surface area contributed by atoms with Gasteiger partial charge in [0, 0.05) is 4.88 Å². The van der Waals surface area contributed by atoms with E-state index < -0.39 is 27.9 Å². The quantitative estimate of drug-likeness (QED) is 0.651. The number of thiophene rings is 1. The van der Waals surface area contributed by atoms with Crippen molar-refractivity contribution < 1.29 is 22.7 Å². The SMILES string of the molecule is CC[C@@H](C(=O)Nc1sc2c(c1C(=O)OC)CCCC2)N(c1ccccc1)S(C)(=O)=O. The number of amides is 1. The summed E-state index contributed by atoms with van der Waals surface area (Å²) in [4.78, 5) is 26.7. The molecule has 0 aliphatic heterocycles. The summed E-state index contributed by atoms with van der Waals surface area (Å²) in [7, 11) is -2.40. The van der Waals surface area contributed by atoms with Gasteiger partial charge >= 0.3 is 5.97 Å². The molecule has 1 aliphatic rings. The van der Waals surface area contributed by atoms with Gasteiger partial charge < -0.3 is 10.1 Å². The van der Waals surface area contributed by atoms with E-state index in [0.717, 1.165) is 46.7 Å². The summed E-state index contributed by atoms with van der Waals surface area (Å²) in [5, 5.41) is 3.26. The van der Waals surface area contributed by atoms with Gasteiger partial charge in [-0.05, 0) is 49.8 Å². The van der Waals surface area contributed by atoms with E-state index in [4.69, 9.17) is 4.74 Å². The third-order valence-electron chi connectivity index (χ3n) is 5.14. The first-order chi connectivity index (χ1) is 14.3. The first kappa shape index (κ1) is 22.3. The largest absolute Gasteiger partial charge is 0.465 e. The van der Waals surface area contributed by atoms with Crippen molar-refractivity contribution >= 4 is 43.9 Å². The van der Waals surface area contributed by atoms with Crippen molar-refractivity contribution in [1.82, 2.24) is 0 Å². The molecule has 2 aromatic rings. The zero-order valence-electron chi connectivity index (χ0n) is 17.3. The number of aryl methyl sites for hydroxylation is 1. The number of ether oxygens (including phenoxy) is 1. The lowest BCUT2D eigenvalue weighted by Gasteiger charge is -2.30. The Hall–Kier alpha value is -2.39. The van der Waals surface area contributed by atoms with Gasteiger partial charge in [0.25, 0.3) is 0 Å². The van der Waals surface area contributed by atoms with E-state index in [2.05, 4.69) is 5.32 Å². The second-order valence-electron chi connectivity index (χ2n) is 7.21. The Morgan fingerprint density at radius 2 is 1.87 bits per heavy atom. The molecule has 0 spiro atoms. The van der Waals surface area contributed by atoms with Crippen LogP contribution in [0.15, 0.2) is 30.3 Å². The summed E-state index contributed by atoms with van der Waals surface area (Å²) in [6.45, 7) is 1.76. The molecule has 1 N–H and O–H groups in total. The van der Waals surface area contributed by atoms with Crippen LogP contribution in [0.2, 0.25) is 0 Å². The van der Waals surface area contributed by atoms with Crippen LogP contribution < -0.4 is 9.62 Å². The monoisotopic (exact) mass is 450 g/mol. The lowest BCUT2D eigenvalue weighted by molar-refractivity contribution is -0.117. The first-order valence-electron chi connectivity index (χ1n) is 9.86. The van der Waals surface area contributed by atoms with Crippen LogP contribution in [0.1, 0.15) is 47.0 Å². The molecule has 0 saturated heterocycles. The molecule has 0 bridgehead atoms. The average Bonchev–Trinajstić information content (AvgIpc) is 3.08. The molecule has 162 valence electrons. The maximum Gasteiger partial charge on any atom is 0.341 e. The number of rotatable bonds is 7. The Morgan fingerprint density at radius 3 is 2.47 bits per heavy atom. The smallest absolute Gasteiger partial charge is 0.341 e. The topological polar surface area (TPSA) is 92.8 Å². The fourth-order valence-electron chi connectivity index (χ4n) is 3.80. The van der Waals surface area contributed by atoms with Gasteiger partial charge in [0.1, 0.15) is 11.0 Å². The van der Waals surface area contributed by atoms with Gasteiger partial charge in [-0.15, -0.1) is 11.3 Å². The third-order valence-corrected chi connectivity index (χ3v) is 7.53. The van der Waals surface area contributed by atoms with Crippen LogP contribution >= 0.6 is 11.3 Å². The van der Waals surface area contributed by atoms with E-state index in [1.54, 1.807) is 37.3 Å². The number of fused-ring (bicyclic) bond motifs is 1. The highest BCUT2D eigenvalue weighted by atomic mass is 32.2. The predicted octanol–water partition coefficient (Wildman–Crippen LogP) is 3.60. The summed E-state index contributed by atoms with van der Waals surface area (Å²) in [5.74, 6) is -0.962. The highest BCUT2D eigenvalue weighted by molar-refractivity contribution is 7.92. The summed E-state index contributed by atoms with van der Waals surface area (Å²) < 4.78 is 31.2.